The van der Waals surface area contributed by atoms with Crippen molar-refractivity contribution in [3.63, 3.8) is 0 Å². The van der Waals surface area contributed by atoms with Crippen LogP contribution in [0.3, 0.4) is 0 Å². The lowest BCUT2D eigenvalue weighted by Crippen LogP contribution is -2.14. The first-order valence-electron chi connectivity index (χ1n) is 5.07. The summed E-state index contributed by atoms with van der Waals surface area (Å²) in [7, 11) is 0. The van der Waals surface area contributed by atoms with Gasteiger partial charge in [0.15, 0.2) is 0 Å². The number of hydrogen-bond acceptors (Lipinski definition) is 0. The van der Waals surface area contributed by atoms with Gasteiger partial charge in [-0.1, -0.05) is 25.5 Å². The standard InChI is InChI=1S/C12H15F/c1-2-9-6-7-10-4-3-5-12(13)11(10)8-9/h3-5,9H,2,6-8H2,1H3. The van der Waals surface area contributed by atoms with Crippen LogP contribution < -0.4 is 0 Å². The maximum Gasteiger partial charge on any atom is 0.126 e. The van der Waals surface area contributed by atoms with Crippen molar-refractivity contribution in [1.82, 2.24) is 0 Å². The molecule has 0 N–H and O–H groups in total. The van der Waals surface area contributed by atoms with E-state index in [1.165, 1.54) is 18.4 Å². The number of aryl methyl sites for hydroxylation is 1. The molecule has 0 saturated carbocycles. The molecule has 0 fully saturated rings. The third-order valence-corrected chi connectivity index (χ3v) is 3.11. The van der Waals surface area contributed by atoms with Gasteiger partial charge >= 0.3 is 0 Å². The van der Waals surface area contributed by atoms with Crippen LogP contribution in [0.25, 0.3) is 0 Å². The second kappa shape index (κ2) is 3.49. The third-order valence-electron chi connectivity index (χ3n) is 3.11. The van der Waals surface area contributed by atoms with Crippen molar-refractivity contribution in [2.45, 2.75) is 32.6 Å². The SMILES string of the molecule is CCC1CCc2cccc(F)c2C1. The first-order chi connectivity index (χ1) is 6.31. The van der Waals surface area contributed by atoms with Crippen LogP contribution in [0.1, 0.15) is 30.9 Å². The highest BCUT2D eigenvalue weighted by Crippen LogP contribution is 2.28. The van der Waals surface area contributed by atoms with Crippen LogP contribution in [0.2, 0.25) is 0 Å². The molecule has 1 heteroatoms. The van der Waals surface area contributed by atoms with Crippen molar-refractivity contribution >= 4 is 0 Å². The Kier molecular flexibility index (Phi) is 2.34. The average Bonchev–Trinajstić information content (AvgIpc) is 2.18. The van der Waals surface area contributed by atoms with Crippen molar-refractivity contribution in [3.05, 3.63) is 35.1 Å². The molecule has 1 aromatic rings. The average molecular weight is 178 g/mol. The van der Waals surface area contributed by atoms with Crippen LogP contribution in [0.4, 0.5) is 4.39 Å². The molecule has 70 valence electrons. The zero-order valence-electron chi connectivity index (χ0n) is 8.02. The van der Waals surface area contributed by atoms with Crippen molar-refractivity contribution in [1.29, 1.82) is 0 Å². The Morgan fingerprint density at radius 1 is 1.46 bits per heavy atom. The Morgan fingerprint density at radius 2 is 2.31 bits per heavy atom. The van der Waals surface area contributed by atoms with E-state index in [1.54, 1.807) is 6.07 Å². The molecular weight excluding hydrogens is 163 g/mol. The van der Waals surface area contributed by atoms with E-state index in [4.69, 9.17) is 0 Å². The summed E-state index contributed by atoms with van der Waals surface area (Å²) >= 11 is 0. The van der Waals surface area contributed by atoms with Crippen molar-refractivity contribution < 1.29 is 4.39 Å². The van der Waals surface area contributed by atoms with Gasteiger partial charge in [0.1, 0.15) is 5.82 Å². The van der Waals surface area contributed by atoms with Crippen LogP contribution in [0.15, 0.2) is 18.2 Å². The highest BCUT2D eigenvalue weighted by Gasteiger charge is 2.19. The van der Waals surface area contributed by atoms with Gasteiger partial charge in [-0.05, 0) is 42.4 Å². The van der Waals surface area contributed by atoms with E-state index in [0.717, 1.165) is 18.4 Å². The highest BCUT2D eigenvalue weighted by atomic mass is 19.1. The minimum absolute atomic E-state index is 0.00403. The van der Waals surface area contributed by atoms with E-state index in [1.807, 2.05) is 6.07 Å². The van der Waals surface area contributed by atoms with Crippen LogP contribution in [-0.2, 0) is 12.8 Å². The number of fused-ring (bicyclic) bond motifs is 1. The fraction of sp³-hybridized carbons (Fsp3) is 0.500. The second-order valence-electron chi connectivity index (χ2n) is 3.89. The maximum absolute atomic E-state index is 13.4. The van der Waals surface area contributed by atoms with Gasteiger partial charge in [0.25, 0.3) is 0 Å². The lowest BCUT2D eigenvalue weighted by atomic mass is 9.82. The van der Waals surface area contributed by atoms with Gasteiger partial charge in [-0.15, -0.1) is 0 Å². The van der Waals surface area contributed by atoms with Gasteiger partial charge in [0, 0.05) is 0 Å². The fourth-order valence-corrected chi connectivity index (χ4v) is 2.16. The van der Waals surface area contributed by atoms with Crippen molar-refractivity contribution in [2.24, 2.45) is 5.92 Å². The zero-order valence-corrected chi connectivity index (χ0v) is 8.02. The summed E-state index contributed by atoms with van der Waals surface area (Å²) < 4.78 is 13.4. The Labute approximate surface area is 78.8 Å². The quantitative estimate of drug-likeness (QED) is 0.618. The lowest BCUT2D eigenvalue weighted by Gasteiger charge is -2.23. The number of hydrogen-bond donors (Lipinski definition) is 0. The van der Waals surface area contributed by atoms with E-state index in [9.17, 15) is 4.39 Å². The second-order valence-corrected chi connectivity index (χ2v) is 3.89. The molecule has 1 aliphatic rings. The Morgan fingerprint density at radius 3 is 3.08 bits per heavy atom. The van der Waals surface area contributed by atoms with Gasteiger partial charge < -0.3 is 0 Å². The van der Waals surface area contributed by atoms with Crippen LogP contribution in [0.5, 0.6) is 0 Å². The summed E-state index contributed by atoms with van der Waals surface area (Å²) in [6, 6.07) is 5.46. The van der Waals surface area contributed by atoms with Gasteiger partial charge in [-0.3, -0.25) is 0 Å². The minimum Gasteiger partial charge on any atom is -0.207 e. The van der Waals surface area contributed by atoms with E-state index < -0.39 is 0 Å². The van der Waals surface area contributed by atoms with Gasteiger partial charge in [-0.2, -0.15) is 0 Å². The minimum atomic E-state index is -0.00403. The molecule has 0 bridgehead atoms. The van der Waals surface area contributed by atoms with Crippen molar-refractivity contribution in [2.75, 3.05) is 0 Å². The summed E-state index contributed by atoms with van der Waals surface area (Å²) in [5, 5.41) is 0. The Balaban J connectivity index is 2.32. The largest absolute Gasteiger partial charge is 0.207 e. The molecule has 0 amide bonds. The fourth-order valence-electron chi connectivity index (χ4n) is 2.16. The van der Waals surface area contributed by atoms with Crippen LogP contribution in [-0.4, -0.2) is 0 Å². The summed E-state index contributed by atoms with van der Waals surface area (Å²) in [5.74, 6) is 0.694. The Hall–Kier alpha value is -0.850. The molecule has 1 aliphatic carbocycles. The highest BCUT2D eigenvalue weighted by molar-refractivity contribution is 5.31. The third kappa shape index (κ3) is 1.60. The van der Waals surface area contributed by atoms with Crippen LogP contribution in [0, 0.1) is 11.7 Å². The first kappa shape index (κ1) is 8.74. The predicted octanol–water partition coefficient (Wildman–Crippen LogP) is 3.34. The summed E-state index contributed by atoms with van der Waals surface area (Å²) in [6.07, 6.45) is 4.41. The first-order valence-corrected chi connectivity index (χ1v) is 5.07. The van der Waals surface area contributed by atoms with E-state index in [-0.39, 0.29) is 5.82 Å². The number of benzene rings is 1. The molecule has 0 saturated heterocycles. The zero-order chi connectivity index (χ0) is 9.26. The van der Waals surface area contributed by atoms with E-state index in [2.05, 4.69) is 13.0 Å². The molecule has 0 aromatic heterocycles. The van der Waals surface area contributed by atoms with Crippen LogP contribution >= 0.6 is 0 Å². The van der Waals surface area contributed by atoms with Gasteiger partial charge in [-0.25, -0.2) is 4.39 Å². The molecule has 0 spiro atoms. The molecule has 1 atom stereocenters. The van der Waals surface area contributed by atoms with Crippen molar-refractivity contribution in [3.8, 4) is 0 Å². The molecule has 0 nitrogen and oxygen atoms in total. The number of rotatable bonds is 1. The van der Waals surface area contributed by atoms with E-state index >= 15 is 0 Å². The monoisotopic (exact) mass is 178 g/mol. The molecular formula is C12H15F. The predicted molar refractivity (Wildman–Crippen MR) is 52.2 cm³/mol. The maximum atomic E-state index is 13.4. The summed E-state index contributed by atoms with van der Waals surface area (Å²) in [5.41, 5.74) is 2.20. The normalized spacial score (nSPS) is 21.2. The molecule has 13 heavy (non-hydrogen) atoms. The molecule has 1 unspecified atom stereocenters. The van der Waals surface area contributed by atoms with E-state index in [0.29, 0.717) is 5.92 Å². The lowest BCUT2D eigenvalue weighted by molar-refractivity contribution is 0.431. The molecule has 1 aromatic carbocycles. The summed E-state index contributed by atoms with van der Waals surface area (Å²) in [4.78, 5) is 0. The Bertz CT molecular complexity index is 304. The molecule has 0 heterocycles. The van der Waals surface area contributed by atoms with Gasteiger partial charge in [0.2, 0.25) is 0 Å². The summed E-state index contributed by atoms with van der Waals surface area (Å²) in [6.45, 7) is 2.19. The number of halogens is 1. The molecule has 0 aliphatic heterocycles. The smallest absolute Gasteiger partial charge is 0.126 e. The van der Waals surface area contributed by atoms with Gasteiger partial charge in [0.05, 0.1) is 0 Å². The molecule has 0 radical (unpaired) electrons. The molecule has 2 rings (SSSR count). The topological polar surface area (TPSA) is 0 Å².